The van der Waals surface area contributed by atoms with Crippen LogP contribution in [0.4, 0.5) is 0 Å². The highest BCUT2D eigenvalue weighted by atomic mass is 16.3. The van der Waals surface area contributed by atoms with E-state index in [-0.39, 0.29) is 0 Å². The van der Waals surface area contributed by atoms with Gasteiger partial charge in [-0.2, -0.15) is 0 Å². The number of benzene rings is 3. The molecule has 4 aliphatic rings. The fourth-order valence-corrected chi connectivity index (χ4v) is 8.61. The first kappa shape index (κ1) is 17.7. The SMILES string of the molecule is N=C(Cc1ccc(C23CC4CC5C[C@@H](C2)[C@@]54C3)cc1)c1ccc2oc3ccccc3c2c1. The quantitative estimate of drug-likeness (QED) is 0.348. The van der Waals surface area contributed by atoms with Crippen molar-refractivity contribution in [2.75, 3.05) is 0 Å². The topological polar surface area (TPSA) is 37.0 Å². The minimum absolute atomic E-state index is 0.472. The van der Waals surface area contributed by atoms with Crippen molar-refractivity contribution < 1.29 is 4.42 Å². The summed E-state index contributed by atoms with van der Waals surface area (Å²) >= 11 is 0. The van der Waals surface area contributed by atoms with Crippen LogP contribution < -0.4 is 0 Å². The molecule has 8 rings (SSSR count). The van der Waals surface area contributed by atoms with Crippen molar-refractivity contribution in [3.8, 4) is 0 Å². The monoisotopic (exact) mass is 417 g/mol. The molecule has 1 aromatic heterocycles. The van der Waals surface area contributed by atoms with Crippen LogP contribution in [0.2, 0.25) is 0 Å². The van der Waals surface area contributed by atoms with Gasteiger partial charge < -0.3 is 9.83 Å². The molecule has 4 saturated carbocycles. The maximum absolute atomic E-state index is 8.77. The summed E-state index contributed by atoms with van der Waals surface area (Å²) < 4.78 is 5.95. The van der Waals surface area contributed by atoms with Crippen molar-refractivity contribution in [2.45, 2.75) is 43.9 Å². The maximum atomic E-state index is 8.77. The van der Waals surface area contributed by atoms with Gasteiger partial charge in [-0.3, -0.25) is 0 Å². The lowest BCUT2D eigenvalue weighted by molar-refractivity contribution is -0.175. The van der Waals surface area contributed by atoms with E-state index in [1.165, 1.54) is 37.7 Å². The number of nitrogens with one attached hydrogen (secondary N) is 1. The van der Waals surface area contributed by atoms with Gasteiger partial charge in [0.25, 0.3) is 0 Å². The first-order valence-electron chi connectivity index (χ1n) is 12.2. The van der Waals surface area contributed by atoms with Gasteiger partial charge in [0.15, 0.2) is 0 Å². The van der Waals surface area contributed by atoms with Gasteiger partial charge in [-0.15, -0.1) is 0 Å². The summed E-state index contributed by atoms with van der Waals surface area (Å²) in [6.07, 6.45) is 8.05. The molecule has 0 saturated heterocycles. The predicted octanol–water partition coefficient (Wildman–Crippen LogP) is 7.27. The van der Waals surface area contributed by atoms with Gasteiger partial charge >= 0.3 is 0 Å². The van der Waals surface area contributed by atoms with Crippen LogP contribution in [0.3, 0.4) is 0 Å². The molecular formula is C30H27NO. The molecule has 1 heterocycles. The minimum atomic E-state index is 0.472. The number of para-hydroxylation sites is 1. The number of hydrogen-bond donors (Lipinski definition) is 1. The minimum Gasteiger partial charge on any atom is -0.456 e. The fraction of sp³-hybridized carbons (Fsp3) is 0.367. The normalized spacial score (nSPS) is 33.8. The zero-order chi connectivity index (χ0) is 21.1. The Balaban J connectivity index is 1.06. The Hall–Kier alpha value is -2.87. The summed E-state index contributed by atoms with van der Waals surface area (Å²) in [6, 6.07) is 23.7. The van der Waals surface area contributed by atoms with Crippen molar-refractivity contribution in [3.05, 3.63) is 83.4 Å². The van der Waals surface area contributed by atoms with E-state index in [1.54, 1.807) is 5.56 Å². The summed E-state index contributed by atoms with van der Waals surface area (Å²) in [4.78, 5) is 0. The molecule has 2 bridgehead atoms. The van der Waals surface area contributed by atoms with Crippen LogP contribution in [0.1, 0.15) is 48.8 Å². The highest BCUT2D eigenvalue weighted by Gasteiger charge is 2.77. The van der Waals surface area contributed by atoms with Crippen LogP contribution in [0, 0.1) is 28.6 Å². The summed E-state index contributed by atoms with van der Waals surface area (Å²) in [5.74, 6) is 3.13. The molecular weight excluding hydrogens is 390 g/mol. The molecule has 1 N–H and O–H groups in total. The van der Waals surface area contributed by atoms with E-state index in [0.717, 1.165) is 50.7 Å². The molecule has 32 heavy (non-hydrogen) atoms. The van der Waals surface area contributed by atoms with Crippen LogP contribution in [-0.4, -0.2) is 5.71 Å². The van der Waals surface area contributed by atoms with Crippen molar-refractivity contribution in [1.82, 2.24) is 0 Å². The Kier molecular flexibility index (Phi) is 3.16. The Morgan fingerprint density at radius 3 is 2.34 bits per heavy atom. The van der Waals surface area contributed by atoms with E-state index in [9.17, 15) is 0 Å². The molecule has 0 amide bonds. The highest BCUT2D eigenvalue weighted by Crippen LogP contribution is 2.84. The van der Waals surface area contributed by atoms with E-state index >= 15 is 0 Å². The predicted molar refractivity (Wildman–Crippen MR) is 128 cm³/mol. The van der Waals surface area contributed by atoms with Crippen molar-refractivity contribution in [1.29, 1.82) is 5.41 Å². The maximum Gasteiger partial charge on any atom is 0.135 e. The fourth-order valence-electron chi connectivity index (χ4n) is 8.61. The van der Waals surface area contributed by atoms with Crippen LogP contribution in [-0.2, 0) is 11.8 Å². The zero-order valence-corrected chi connectivity index (χ0v) is 18.2. The van der Waals surface area contributed by atoms with E-state index in [2.05, 4.69) is 36.4 Å². The summed E-state index contributed by atoms with van der Waals surface area (Å²) in [5, 5.41) is 11.0. The van der Waals surface area contributed by atoms with Crippen LogP contribution >= 0.6 is 0 Å². The Morgan fingerprint density at radius 2 is 1.59 bits per heavy atom. The second-order valence-electron chi connectivity index (χ2n) is 11.2. The van der Waals surface area contributed by atoms with Crippen LogP contribution in [0.5, 0.6) is 0 Å². The molecule has 4 fully saturated rings. The number of hydrogen-bond acceptors (Lipinski definition) is 2. The third-order valence-corrected chi connectivity index (χ3v) is 10.0. The van der Waals surface area contributed by atoms with Crippen molar-refractivity contribution in [3.63, 3.8) is 0 Å². The smallest absolute Gasteiger partial charge is 0.135 e. The highest BCUT2D eigenvalue weighted by molar-refractivity contribution is 6.09. The average Bonchev–Trinajstić information content (AvgIpc) is 3.43. The average molecular weight is 418 g/mol. The van der Waals surface area contributed by atoms with Gasteiger partial charge in [-0.05, 0) is 102 Å². The second kappa shape index (κ2) is 5.73. The van der Waals surface area contributed by atoms with Crippen molar-refractivity contribution >= 4 is 27.7 Å². The zero-order valence-electron chi connectivity index (χ0n) is 18.2. The lowest BCUT2D eigenvalue weighted by atomic mass is 9.38. The Bertz CT molecular complexity index is 1410. The molecule has 0 aliphatic heterocycles. The third-order valence-electron chi connectivity index (χ3n) is 10.0. The number of rotatable bonds is 4. The molecule has 5 atom stereocenters. The molecule has 3 aromatic carbocycles. The van der Waals surface area contributed by atoms with E-state index in [0.29, 0.717) is 17.5 Å². The van der Waals surface area contributed by atoms with Gasteiger partial charge in [-0.25, -0.2) is 0 Å². The Labute approximate surface area is 188 Å². The van der Waals surface area contributed by atoms with E-state index < -0.39 is 0 Å². The summed E-state index contributed by atoms with van der Waals surface area (Å²) in [6.45, 7) is 0. The van der Waals surface area contributed by atoms with Gasteiger partial charge in [-0.1, -0.05) is 42.5 Å². The van der Waals surface area contributed by atoms with E-state index in [1.807, 2.05) is 30.3 Å². The molecule has 0 radical (unpaired) electrons. The second-order valence-corrected chi connectivity index (χ2v) is 11.2. The largest absolute Gasteiger partial charge is 0.456 e. The van der Waals surface area contributed by atoms with E-state index in [4.69, 9.17) is 9.83 Å². The molecule has 1 spiro atoms. The first-order valence-corrected chi connectivity index (χ1v) is 12.2. The van der Waals surface area contributed by atoms with Gasteiger partial charge in [0, 0.05) is 22.9 Å². The summed E-state index contributed by atoms with van der Waals surface area (Å²) in [7, 11) is 0. The standard InChI is InChI=1S/C30H27NO/c31-26(19-7-10-28-25(12-19)24-3-1-2-4-27(24)32-28)11-18-5-8-20(9-6-18)29-15-22-13-21-14-23(16-29)30(21,22)17-29/h1-10,12,21-23,31H,11,13-17H2/t21?,22-,23?,29?,30+/m0/s1. The molecule has 3 unspecified atom stereocenters. The summed E-state index contributed by atoms with van der Waals surface area (Å²) in [5.41, 5.74) is 7.52. The molecule has 4 aliphatic carbocycles. The molecule has 2 heteroatoms. The molecule has 4 aromatic rings. The first-order chi connectivity index (χ1) is 15.6. The van der Waals surface area contributed by atoms with Gasteiger partial charge in [0.2, 0.25) is 0 Å². The van der Waals surface area contributed by atoms with Crippen LogP contribution in [0.15, 0.2) is 71.1 Å². The molecule has 158 valence electrons. The third kappa shape index (κ3) is 2.05. The van der Waals surface area contributed by atoms with Crippen LogP contribution in [0.25, 0.3) is 21.9 Å². The Morgan fingerprint density at radius 1 is 0.844 bits per heavy atom. The lowest BCUT2D eigenvalue weighted by Gasteiger charge is -2.66. The van der Waals surface area contributed by atoms with Gasteiger partial charge in [0.1, 0.15) is 11.2 Å². The van der Waals surface area contributed by atoms with Crippen molar-refractivity contribution in [2.24, 2.45) is 23.2 Å². The molecule has 2 nitrogen and oxygen atoms in total. The number of furan rings is 1. The lowest BCUT2D eigenvalue weighted by Crippen LogP contribution is -2.59. The van der Waals surface area contributed by atoms with Gasteiger partial charge in [0.05, 0.1) is 0 Å². The number of fused-ring (bicyclic) bond motifs is 4.